The minimum atomic E-state index is -4.19. The molecule has 0 aliphatic carbocycles. The summed E-state index contributed by atoms with van der Waals surface area (Å²) in [5.41, 5.74) is -0.327. The minimum Gasteiger partial charge on any atom is -0.435 e. The van der Waals surface area contributed by atoms with Crippen molar-refractivity contribution in [2.24, 2.45) is 0 Å². The predicted molar refractivity (Wildman–Crippen MR) is 105 cm³/mol. The Morgan fingerprint density at radius 2 is 1.81 bits per heavy atom. The summed E-state index contributed by atoms with van der Waals surface area (Å²) in [6, 6.07) is 10.3. The molecule has 0 bridgehead atoms. The monoisotopic (exact) mass is 471 g/mol. The molecular weight excluding hydrogens is 459 g/mol. The number of nitrogens with one attached hydrogen (secondary N) is 1. The molecule has 0 fully saturated rings. The fraction of sp³-hybridized carbons (Fsp3) is 0.105. The Labute approximate surface area is 179 Å². The molecule has 0 radical (unpaired) electrons. The number of halogens is 4. The maximum absolute atomic E-state index is 13.8. The third-order valence-electron chi connectivity index (χ3n) is 3.86. The lowest BCUT2D eigenvalue weighted by Crippen LogP contribution is -2.18. The number of ether oxygens (including phenoxy) is 1. The molecule has 0 aliphatic heterocycles. The molecule has 12 heteroatoms. The van der Waals surface area contributed by atoms with Crippen LogP contribution in [0, 0.1) is 5.82 Å². The SMILES string of the molecule is O=C(Nc1ccc(OC(F)F)cc1)c1nc(S(=O)(=O)Cc2ccccc2F)ncc1Cl. The lowest BCUT2D eigenvalue weighted by molar-refractivity contribution is -0.0498. The predicted octanol–water partition coefficient (Wildman–Crippen LogP) is 4.10. The second-order valence-electron chi connectivity index (χ2n) is 6.06. The molecule has 3 rings (SSSR count). The van der Waals surface area contributed by atoms with Crippen molar-refractivity contribution < 1.29 is 31.1 Å². The van der Waals surface area contributed by atoms with Gasteiger partial charge in [0.2, 0.25) is 15.0 Å². The maximum Gasteiger partial charge on any atom is 0.387 e. The van der Waals surface area contributed by atoms with Crippen LogP contribution >= 0.6 is 11.6 Å². The van der Waals surface area contributed by atoms with E-state index >= 15 is 0 Å². The molecular formula is C19H13ClF3N3O4S. The molecule has 1 aromatic heterocycles. The number of amides is 1. The van der Waals surface area contributed by atoms with Gasteiger partial charge in [0.15, 0.2) is 5.69 Å². The van der Waals surface area contributed by atoms with Gasteiger partial charge in [0, 0.05) is 11.3 Å². The first-order chi connectivity index (χ1) is 14.7. The third-order valence-corrected chi connectivity index (χ3v) is 5.58. The van der Waals surface area contributed by atoms with Crippen LogP contribution < -0.4 is 10.1 Å². The van der Waals surface area contributed by atoms with Crippen molar-refractivity contribution in [1.82, 2.24) is 9.97 Å². The van der Waals surface area contributed by atoms with Crippen LogP contribution in [0.3, 0.4) is 0 Å². The van der Waals surface area contributed by atoms with Gasteiger partial charge in [0.25, 0.3) is 5.91 Å². The standard InChI is InChI=1S/C19H13ClF3N3O4S/c20-14-9-24-19(31(28,29)10-11-3-1-2-4-15(11)21)26-16(14)17(27)25-12-5-7-13(8-6-12)30-18(22)23/h1-9,18H,10H2,(H,25,27). The Bertz CT molecular complexity index is 1210. The van der Waals surface area contributed by atoms with Gasteiger partial charge < -0.3 is 10.1 Å². The van der Waals surface area contributed by atoms with Crippen molar-refractivity contribution in [1.29, 1.82) is 0 Å². The zero-order valence-corrected chi connectivity index (χ0v) is 17.0. The Morgan fingerprint density at radius 3 is 2.45 bits per heavy atom. The molecule has 2 aromatic carbocycles. The lowest BCUT2D eigenvalue weighted by Gasteiger charge is -2.09. The number of sulfone groups is 1. The van der Waals surface area contributed by atoms with E-state index in [1.807, 2.05) is 0 Å². The highest BCUT2D eigenvalue weighted by Crippen LogP contribution is 2.21. The number of nitrogens with zero attached hydrogens (tertiary/aromatic N) is 2. The molecule has 0 aliphatic rings. The number of aromatic nitrogens is 2. The molecule has 7 nitrogen and oxygen atoms in total. The van der Waals surface area contributed by atoms with Crippen LogP contribution in [0.4, 0.5) is 18.9 Å². The topological polar surface area (TPSA) is 98.2 Å². The number of hydrogen-bond acceptors (Lipinski definition) is 6. The number of alkyl halides is 2. The first-order valence-electron chi connectivity index (χ1n) is 8.50. The molecule has 0 unspecified atom stereocenters. The van der Waals surface area contributed by atoms with Crippen molar-refractivity contribution in [2.45, 2.75) is 17.5 Å². The summed E-state index contributed by atoms with van der Waals surface area (Å²) >= 11 is 5.93. The molecule has 1 N–H and O–H groups in total. The normalized spacial score (nSPS) is 11.4. The number of benzene rings is 2. The van der Waals surface area contributed by atoms with Gasteiger partial charge in [-0.3, -0.25) is 4.79 Å². The second kappa shape index (κ2) is 9.31. The van der Waals surface area contributed by atoms with E-state index in [1.54, 1.807) is 0 Å². The van der Waals surface area contributed by atoms with Crippen molar-refractivity contribution >= 4 is 33.0 Å². The highest BCUT2D eigenvalue weighted by molar-refractivity contribution is 7.90. The van der Waals surface area contributed by atoms with Crippen molar-refractivity contribution in [2.75, 3.05) is 5.32 Å². The number of carbonyl (C=O) groups excluding carboxylic acids is 1. The molecule has 31 heavy (non-hydrogen) atoms. The molecule has 0 spiro atoms. The zero-order chi connectivity index (χ0) is 22.6. The number of hydrogen-bond donors (Lipinski definition) is 1. The highest BCUT2D eigenvalue weighted by Gasteiger charge is 2.24. The molecule has 1 heterocycles. The van der Waals surface area contributed by atoms with E-state index in [2.05, 4.69) is 20.0 Å². The largest absolute Gasteiger partial charge is 0.435 e. The molecule has 1 amide bonds. The smallest absolute Gasteiger partial charge is 0.387 e. The first-order valence-corrected chi connectivity index (χ1v) is 10.5. The van der Waals surface area contributed by atoms with Gasteiger partial charge in [-0.25, -0.2) is 22.8 Å². The van der Waals surface area contributed by atoms with Gasteiger partial charge in [-0.1, -0.05) is 29.8 Å². The van der Waals surface area contributed by atoms with Crippen LogP contribution in [0.2, 0.25) is 5.02 Å². The molecule has 0 saturated carbocycles. The van der Waals surface area contributed by atoms with Crippen molar-refractivity contribution in [3.8, 4) is 5.75 Å². The zero-order valence-electron chi connectivity index (χ0n) is 15.4. The Kier molecular flexibility index (Phi) is 6.76. The first kappa shape index (κ1) is 22.5. The van der Waals surface area contributed by atoms with Crippen molar-refractivity contribution in [3.05, 3.63) is 76.8 Å². The summed E-state index contributed by atoms with van der Waals surface area (Å²) in [6.45, 7) is -3.00. The maximum atomic E-state index is 13.8. The van der Waals surface area contributed by atoms with E-state index in [0.717, 1.165) is 12.3 Å². The van der Waals surface area contributed by atoms with Crippen LogP contribution in [0.15, 0.2) is 59.9 Å². The summed E-state index contributed by atoms with van der Waals surface area (Å²) in [5, 5.41) is 1.48. The Balaban J connectivity index is 1.81. The van der Waals surface area contributed by atoms with Crippen LogP contribution in [0.5, 0.6) is 5.75 Å². The van der Waals surface area contributed by atoms with E-state index < -0.39 is 44.8 Å². The highest BCUT2D eigenvalue weighted by atomic mass is 35.5. The van der Waals surface area contributed by atoms with E-state index in [9.17, 15) is 26.4 Å². The molecule has 3 aromatic rings. The fourth-order valence-corrected chi connectivity index (χ4v) is 3.85. The number of rotatable bonds is 7. The average Bonchev–Trinajstić information content (AvgIpc) is 2.71. The van der Waals surface area contributed by atoms with E-state index in [0.29, 0.717) is 0 Å². The van der Waals surface area contributed by atoms with E-state index in [1.165, 1.54) is 42.5 Å². The summed E-state index contributed by atoms with van der Waals surface area (Å²) < 4.78 is 67.6. The molecule has 0 atom stereocenters. The fourth-order valence-electron chi connectivity index (χ4n) is 2.45. The third kappa shape index (κ3) is 5.70. The van der Waals surface area contributed by atoms with Crippen molar-refractivity contribution in [3.63, 3.8) is 0 Å². The number of carbonyl (C=O) groups is 1. The van der Waals surface area contributed by atoms with Crippen LogP contribution in [0.1, 0.15) is 16.1 Å². The molecule has 0 saturated heterocycles. The summed E-state index contributed by atoms with van der Waals surface area (Å²) in [6.07, 6.45) is 0.942. The van der Waals surface area contributed by atoms with Crippen LogP contribution in [-0.2, 0) is 15.6 Å². The Hall–Kier alpha value is -3.18. The average molecular weight is 472 g/mol. The van der Waals surface area contributed by atoms with Gasteiger partial charge in [0.1, 0.15) is 11.6 Å². The van der Waals surface area contributed by atoms with Gasteiger partial charge in [-0.15, -0.1) is 0 Å². The summed E-state index contributed by atoms with van der Waals surface area (Å²) in [4.78, 5) is 19.9. The summed E-state index contributed by atoms with van der Waals surface area (Å²) in [7, 11) is -4.19. The van der Waals surface area contributed by atoms with Gasteiger partial charge in [0.05, 0.1) is 17.0 Å². The lowest BCUT2D eigenvalue weighted by atomic mass is 10.2. The second-order valence-corrected chi connectivity index (χ2v) is 8.35. The van der Waals surface area contributed by atoms with Crippen LogP contribution in [0.25, 0.3) is 0 Å². The number of anilines is 1. The Morgan fingerprint density at radius 1 is 1.13 bits per heavy atom. The quantitative estimate of drug-likeness (QED) is 0.521. The van der Waals surface area contributed by atoms with E-state index in [-0.39, 0.29) is 22.0 Å². The summed E-state index contributed by atoms with van der Waals surface area (Å²) in [5.74, 6) is -2.40. The van der Waals surface area contributed by atoms with E-state index in [4.69, 9.17) is 11.6 Å². The molecule has 162 valence electrons. The van der Waals surface area contributed by atoms with Gasteiger partial charge >= 0.3 is 6.61 Å². The van der Waals surface area contributed by atoms with Gasteiger partial charge in [-0.05, 0) is 30.3 Å². The van der Waals surface area contributed by atoms with Crippen LogP contribution in [-0.4, -0.2) is 30.9 Å². The van der Waals surface area contributed by atoms with Gasteiger partial charge in [-0.2, -0.15) is 8.78 Å². The minimum absolute atomic E-state index is 0.0850.